The molecule has 0 aliphatic rings. The fourth-order valence-electron chi connectivity index (χ4n) is 2.13. The maximum atomic E-state index is 9.22. The van der Waals surface area contributed by atoms with Gasteiger partial charge in [-0.05, 0) is 30.7 Å². The van der Waals surface area contributed by atoms with Gasteiger partial charge in [0.25, 0.3) is 0 Å². The lowest BCUT2D eigenvalue weighted by atomic mass is 10.2. The molecule has 3 rings (SSSR count). The number of benzene rings is 1. The van der Waals surface area contributed by atoms with Crippen molar-refractivity contribution < 1.29 is 0 Å². The lowest BCUT2D eigenvalue weighted by Crippen LogP contribution is -1.93. The monoisotopic (exact) mass is 239 g/mol. The van der Waals surface area contributed by atoms with Gasteiger partial charge in [0.05, 0.1) is 16.6 Å². The summed E-state index contributed by atoms with van der Waals surface area (Å²) in [6.45, 7) is 1.90. The van der Waals surface area contributed by atoms with Crippen LogP contribution in [0.3, 0.4) is 0 Å². The maximum Gasteiger partial charge on any atom is 0.134 e. The topological polar surface area (TPSA) is 44.0 Å². The Hall–Kier alpha value is -2.12. The summed E-state index contributed by atoms with van der Waals surface area (Å²) < 4.78 is 2.63. The second-order valence-electron chi connectivity index (χ2n) is 3.98. The summed E-state index contributed by atoms with van der Waals surface area (Å²) in [6, 6.07) is 12.0. The van der Waals surface area contributed by atoms with Crippen molar-refractivity contribution in [3.8, 4) is 6.07 Å². The van der Waals surface area contributed by atoms with Gasteiger partial charge in [-0.15, -0.1) is 0 Å². The molecular weight excluding hydrogens is 230 g/mol. The minimum Gasteiger partial charge on any atom is -0.338 e. The number of hydrogen-bond acceptors (Lipinski definition) is 2. The van der Waals surface area contributed by atoms with Crippen molar-refractivity contribution in [1.82, 2.24) is 9.38 Å². The Morgan fingerprint density at radius 1 is 1.35 bits per heavy atom. The first-order valence-electron chi connectivity index (χ1n) is 5.25. The average molecular weight is 239 g/mol. The van der Waals surface area contributed by atoms with Gasteiger partial charge in [0.2, 0.25) is 0 Å². The van der Waals surface area contributed by atoms with Crippen LogP contribution in [-0.2, 0) is 0 Å². The van der Waals surface area contributed by atoms with Crippen LogP contribution in [-0.4, -0.2) is 9.38 Å². The van der Waals surface area contributed by atoms with Gasteiger partial charge >= 0.3 is 0 Å². The number of nitrogens with zero attached hydrogens (tertiary/aromatic N) is 2. The summed E-state index contributed by atoms with van der Waals surface area (Å²) >= 11 is 5.36. The van der Waals surface area contributed by atoms with Gasteiger partial charge in [-0.2, -0.15) is 5.26 Å². The van der Waals surface area contributed by atoms with E-state index in [4.69, 9.17) is 12.2 Å². The number of rotatable bonds is 0. The highest BCUT2D eigenvalue weighted by molar-refractivity contribution is 7.71. The number of H-pyrrole nitrogens is 1. The fraction of sp³-hybridized carbons (Fsp3) is 0.0769. The van der Waals surface area contributed by atoms with Crippen LogP contribution in [0.2, 0.25) is 0 Å². The van der Waals surface area contributed by atoms with Gasteiger partial charge < -0.3 is 4.98 Å². The zero-order chi connectivity index (χ0) is 12.0. The van der Waals surface area contributed by atoms with Crippen LogP contribution in [0, 0.1) is 22.9 Å². The number of aromatic nitrogens is 2. The fourth-order valence-corrected chi connectivity index (χ4v) is 2.50. The molecule has 3 nitrogen and oxygen atoms in total. The number of hydrogen-bond donors (Lipinski definition) is 1. The molecule has 82 valence electrons. The predicted molar refractivity (Wildman–Crippen MR) is 69.5 cm³/mol. The first-order chi connectivity index (χ1) is 8.22. The molecular formula is C13H9N3S. The van der Waals surface area contributed by atoms with Crippen molar-refractivity contribution >= 4 is 28.9 Å². The molecule has 0 saturated heterocycles. The van der Waals surface area contributed by atoms with Crippen molar-refractivity contribution in [2.45, 2.75) is 6.92 Å². The number of aryl methyl sites for hydroxylation is 1. The molecule has 4 heteroatoms. The van der Waals surface area contributed by atoms with Crippen molar-refractivity contribution in [1.29, 1.82) is 5.26 Å². The summed E-state index contributed by atoms with van der Waals surface area (Å²) in [5.74, 6) is 0. The summed E-state index contributed by atoms with van der Waals surface area (Å²) in [4.78, 5) is 3.25. The van der Waals surface area contributed by atoms with E-state index in [2.05, 4.69) is 11.1 Å². The molecule has 1 N–H and O–H groups in total. The number of imidazole rings is 1. The van der Waals surface area contributed by atoms with E-state index in [1.807, 2.05) is 41.7 Å². The molecule has 1 aromatic carbocycles. The van der Waals surface area contributed by atoms with Gasteiger partial charge in [-0.1, -0.05) is 24.4 Å². The van der Waals surface area contributed by atoms with E-state index >= 15 is 0 Å². The number of aromatic amines is 1. The maximum absolute atomic E-state index is 9.22. The minimum absolute atomic E-state index is 0.648. The third kappa shape index (κ3) is 1.30. The van der Waals surface area contributed by atoms with Gasteiger partial charge in [0, 0.05) is 0 Å². The lowest BCUT2D eigenvalue weighted by Gasteiger charge is -2.01. The number of nitriles is 1. The third-order valence-electron chi connectivity index (χ3n) is 2.92. The van der Waals surface area contributed by atoms with E-state index in [1.54, 1.807) is 0 Å². The van der Waals surface area contributed by atoms with E-state index in [0.29, 0.717) is 10.2 Å². The van der Waals surface area contributed by atoms with Crippen molar-refractivity contribution in [2.75, 3.05) is 0 Å². The van der Waals surface area contributed by atoms with Gasteiger partial charge in [0.1, 0.15) is 16.4 Å². The van der Waals surface area contributed by atoms with E-state index in [1.165, 1.54) is 0 Å². The van der Waals surface area contributed by atoms with Crippen molar-refractivity contribution in [3.05, 3.63) is 46.1 Å². The summed E-state index contributed by atoms with van der Waals surface area (Å²) in [5.41, 5.74) is 4.32. The van der Waals surface area contributed by atoms with Gasteiger partial charge in [-0.25, -0.2) is 0 Å². The molecule has 2 heterocycles. The van der Waals surface area contributed by atoms with Crippen molar-refractivity contribution in [2.24, 2.45) is 0 Å². The first kappa shape index (κ1) is 10.1. The Morgan fingerprint density at radius 2 is 2.12 bits per heavy atom. The summed E-state index contributed by atoms with van der Waals surface area (Å²) in [7, 11) is 0. The molecule has 0 unspecified atom stereocenters. The molecule has 2 aromatic heterocycles. The molecule has 0 radical (unpaired) electrons. The van der Waals surface area contributed by atoms with Crippen LogP contribution in [0.25, 0.3) is 16.7 Å². The Kier molecular flexibility index (Phi) is 2.03. The zero-order valence-corrected chi connectivity index (χ0v) is 10.0. The number of para-hydroxylation sites is 2. The first-order valence-corrected chi connectivity index (χ1v) is 5.66. The Labute approximate surface area is 103 Å². The van der Waals surface area contributed by atoms with E-state index < -0.39 is 0 Å². The number of pyridine rings is 1. The SMILES string of the molecule is Cc1cc(=S)n2c([nH]c3ccccc32)c1C#N. The molecule has 0 aliphatic carbocycles. The number of fused-ring (bicyclic) bond motifs is 3. The van der Waals surface area contributed by atoms with Crippen molar-refractivity contribution in [3.63, 3.8) is 0 Å². The molecule has 0 aliphatic heterocycles. The third-order valence-corrected chi connectivity index (χ3v) is 3.23. The quantitative estimate of drug-likeness (QED) is 0.611. The zero-order valence-electron chi connectivity index (χ0n) is 9.19. The Bertz CT molecular complexity index is 833. The van der Waals surface area contributed by atoms with Crippen LogP contribution in [0.4, 0.5) is 0 Å². The molecule has 0 fully saturated rings. The number of nitrogens with one attached hydrogen (secondary N) is 1. The summed E-state index contributed by atoms with van der Waals surface area (Å²) in [6.07, 6.45) is 0. The molecule has 3 aromatic rings. The predicted octanol–water partition coefficient (Wildman–Crippen LogP) is 3.33. The second-order valence-corrected chi connectivity index (χ2v) is 4.40. The smallest absolute Gasteiger partial charge is 0.134 e. The van der Waals surface area contributed by atoms with E-state index in [0.717, 1.165) is 22.2 Å². The Balaban J connectivity index is 2.70. The molecule has 0 bridgehead atoms. The van der Waals surface area contributed by atoms with Crippen LogP contribution < -0.4 is 0 Å². The molecule has 0 spiro atoms. The highest BCUT2D eigenvalue weighted by Crippen LogP contribution is 2.21. The highest BCUT2D eigenvalue weighted by Gasteiger charge is 2.10. The molecule has 17 heavy (non-hydrogen) atoms. The van der Waals surface area contributed by atoms with Crippen LogP contribution in [0.5, 0.6) is 0 Å². The van der Waals surface area contributed by atoms with Gasteiger partial charge in [0.15, 0.2) is 0 Å². The van der Waals surface area contributed by atoms with Crippen LogP contribution >= 0.6 is 12.2 Å². The van der Waals surface area contributed by atoms with E-state index in [-0.39, 0.29) is 0 Å². The minimum atomic E-state index is 0.648. The average Bonchev–Trinajstić information content (AvgIpc) is 2.68. The molecule has 0 amide bonds. The second kappa shape index (κ2) is 3.44. The molecule has 0 saturated carbocycles. The highest BCUT2D eigenvalue weighted by atomic mass is 32.1. The van der Waals surface area contributed by atoms with Gasteiger partial charge in [-0.3, -0.25) is 4.40 Å². The standard InChI is InChI=1S/C13H9N3S/c1-8-6-12(17)16-11-5-3-2-4-10(11)15-13(16)9(8)7-14/h2-6,15H,1H3. The normalized spacial score (nSPS) is 10.8. The lowest BCUT2D eigenvalue weighted by molar-refractivity contribution is 1.17. The largest absolute Gasteiger partial charge is 0.338 e. The van der Waals surface area contributed by atoms with Crippen LogP contribution in [0.1, 0.15) is 11.1 Å². The van der Waals surface area contributed by atoms with Crippen LogP contribution in [0.15, 0.2) is 30.3 Å². The molecule has 0 atom stereocenters. The van der Waals surface area contributed by atoms with E-state index in [9.17, 15) is 5.26 Å². The summed E-state index contributed by atoms with van der Waals surface area (Å²) in [5, 5.41) is 9.22. The Morgan fingerprint density at radius 3 is 2.88 bits per heavy atom.